The number of sulfonamides is 1. The van der Waals surface area contributed by atoms with E-state index in [2.05, 4.69) is 10.0 Å². The molecule has 2 N–H and O–H groups in total. The maximum Gasteiger partial charge on any atom is 0.312 e. The Hall–Kier alpha value is -1.71. The van der Waals surface area contributed by atoms with Gasteiger partial charge in [0.25, 0.3) is 0 Å². The summed E-state index contributed by atoms with van der Waals surface area (Å²) in [4.78, 5) is 10.1. The van der Waals surface area contributed by atoms with Crippen molar-refractivity contribution >= 4 is 21.4 Å². The van der Waals surface area contributed by atoms with Crippen molar-refractivity contribution in [3.8, 4) is 0 Å². The minimum Gasteiger partial charge on any atom is -0.383 e. The van der Waals surface area contributed by atoms with Crippen LogP contribution in [0.5, 0.6) is 0 Å². The van der Waals surface area contributed by atoms with Crippen LogP contribution >= 0.6 is 0 Å². The number of hydrogen-bond donors (Lipinski definition) is 2. The standard InChI is InChI=1S/C12H17N3O5S/c1-13-10-5-2-6-11(12(10)15(16)17)21(18,19)14-8-9-4-3-7-20-9/h2,5-6,9,13-14H,3-4,7-8H2,1H3. The van der Waals surface area contributed by atoms with Crippen LogP contribution in [0.15, 0.2) is 23.1 Å². The molecule has 2 rings (SSSR count). The molecule has 0 aromatic heterocycles. The molecule has 0 spiro atoms. The smallest absolute Gasteiger partial charge is 0.312 e. The fourth-order valence-electron chi connectivity index (χ4n) is 2.21. The average molecular weight is 315 g/mol. The molecule has 116 valence electrons. The normalized spacial score (nSPS) is 18.6. The molecule has 21 heavy (non-hydrogen) atoms. The van der Waals surface area contributed by atoms with Gasteiger partial charge in [0.05, 0.1) is 11.0 Å². The van der Waals surface area contributed by atoms with Crippen molar-refractivity contribution < 1.29 is 18.1 Å². The fraction of sp³-hybridized carbons (Fsp3) is 0.500. The van der Waals surface area contributed by atoms with Crippen LogP contribution in [0.2, 0.25) is 0 Å². The minimum atomic E-state index is -3.97. The van der Waals surface area contributed by atoms with E-state index >= 15 is 0 Å². The number of nitrogens with one attached hydrogen (secondary N) is 2. The summed E-state index contributed by atoms with van der Waals surface area (Å²) in [7, 11) is -2.47. The molecule has 1 fully saturated rings. The van der Waals surface area contributed by atoms with Gasteiger partial charge in [-0.15, -0.1) is 0 Å². The molecule has 0 saturated carbocycles. The fourth-order valence-corrected chi connectivity index (χ4v) is 3.47. The predicted molar refractivity (Wildman–Crippen MR) is 76.8 cm³/mol. The van der Waals surface area contributed by atoms with Crippen molar-refractivity contribution in [3.05, 3.63) is 28.3 Å². The molecule has 1 saturated heterocycles. The van der Waals surface area contributed by atoms with Crippen LogP contribution in [-0.4, -0.2) is 39.6 Å². The van der Waals surface area contributed by atoms with Gasteiger partial charge in [0.2, 0.25) is 10.0 Å². The van der Waals surface area contributed by atoms with Crippen molar-refractivity contribution in [2.45, 2.75) is 23.8 Å². The second-order valence-electron chi connectivity index (χ2n) is 4.65. The Bertz CT molecular complexity index is 626. The summed E-state index contributed by atoms with van der Waals surface area (Å²) in [5.41, 5.74) is -0.306. The Kier molecular flexibility index (Phi) is 4.76. The second-order valence-corrected chi connectivity index (χ2v) is 6.38. The van der Waals surface area contributed by atoms with E-state index in [9.17, 15) is 18.5 Å². The van der Waals surface area contributed by atoms with Gasteiger partial charge < -0.3 is 10.1 Å². The molecule has 8 nitrogen and oxygen atoms in total. The number of hydrogen-bond acceptors (Lipinski definition) is 6. The van der Waals surface area contributed by atoms with Gasteiger partial charge >= 0.3 is 5.69 Å². The number of anilines is 1. The van der Waals surface area contributed by atoms with E-state index < -0.39 is 20.6 Å². The zero-order valence-corrected chi connectivity index (χ0v) is 12.4. The quantitative estimate of drug-likeness (QED) is 0.600. The zero-order chi connectivity index (χ0) is 15.5. The third kappa shape index (κ3) is 3.49. The first-order valence-corrected chi connectivity index (χ1v) is 8.00. The third-order valence-corrected chi connectivity index (χ3v) is 4.72. The molecule has 0 radical (unpaired) electrons. The first kappa shape index (κ1) is 15.7. The number of nitro benzene ring substituents is 1. The lowest BCUT2D eigenvalue weighted by Gasteiger charge is -2.12. The highest BCUT2D eigenvalue weighted by molar-refractivity contribution is 7.89. The lowest BCUT2D eigenvalue weighted by Crippen LogP contribution is -2.32. The van der Waals surface area contributed by atoms with E-state index in [0.717, 1.165) is 12.8 Å². The molecular weight excluding hydrogens is 298 g/mol. The van der Waals surface area contributed by atoms with Gasteiger partial charge in [-0.25, -0.2) is 13.1 Å². The average Bonchev–Trinajstić information content (AvgIpc) is 2.97. The maximum absolute atomic E-state index is 12.3. The molecule has 1 aromatic carbocycles. The Morgan fingerprint density at radius 2 is 2.24 bits per heavy atom. The second kappa shape index (κ2) is 6.37. The van der Waals surface area contributed by atoms with Gasteiger partial charge in [-0.3, -0.25) is 10.1 Å². The van der Waals surface area contributed by atoms with E-state index in [4.69, 9.17) is 4.74 Å². The van der Waals surface area contributed by atoms with Gasteiger partial charge in [-0.05, 0) is 25.0 Å². The topological polar surface area (TPSA) is 111 Å². The van der Waals surface area contributed by atoms with Gasteiger partial charge in [0.1, 0.15) is 5.69 Å². The summed E-state index contributed by atoms with van der Waals surface area (Å²) in [6, 6.07) is 4.13. The van der Waals surface area contributed by atoms with Gasteiger partial charge in [-0.2, -0.15) is 0 Å². The summed E-state index contributed by atoms with van der Waals surface area (Å²) >= 11 is 0. The highest BCUT2D eigenvalue weighted by Crippen LogP contribution is 2.31. The molecule has 1 aromatic rings. The van der Waals surface area contributed by atoms with Crippen LogP contribution in [0, 0.1) is 10.1 Å². The number of rotatable bonds is 6. The number of nitro groups is 1. The molecule has 0 bridgehead atoms. The molecule has 9 heteroatoms. The van der Waals surface area contributed by atoms with E-state index in [-0.39, 0.29) is 23.2 Å². The molecular formula is C12H17N3O5S. The highest BCUT2D eigenvalue weighted by atomic mass is 32.2. The van der Waals surface area contributed by atoms with Crippen molar-refractivity contribution in [3.63, 3.8) is 0 Å². The summed E-state index contributed by atoms with van der Waals surface area (Å²) in [6.45, 7) is 0.727. The van der Waals surface area contributed by atoms with Crippen LogP contribution in [0.25, 0.3) is 0 Å². The van der Waals surface area contributed by atoms with Crippen LogP contribution < -0.4 is 10.0 Å². The first-order valence-electron chi connectivity index (χ1n) is 6.52. The highest BCUT2D eigenvalue weighted by Gasteiger charge is 2.29. The molecule has 1 aliphatic rings. The first-order chi connectivity index (χ1) is 9.95. The summed E-state index contributed by atoms with van der Waals surface area (Å²) < 4.78 is 32.3. The maximum atomic E-state index is 12.3. The van der Waals surface area contributed by atoms with Crippen molar-refractivity contribution in [1.29, 1.82) is 0 Å². The van der Waals surface area contributed by atoms with Crippen molar-refractivity contribution in [1.82, 2.24) is 4.72 Å². The monoisotopic (exact) mass is 315 g/mol. The van der Waals surface area contributed by atoms with Crippen LogP contribution in [0.4, 0.5) is 11.4 Å². The van der Waals surface area contributed by atoms with Crippen LogP contribution in [0.1, 0.15) is 12.8 Å². The Balaban J connectivity index is 2.28. The van der Waals surface area contributed by atoms with Crippen molar-refractivity contribution in [2.24, 2.45) is 0 Å². The molecule has 1 heterocycles. The van der Waals surface area contributed by atoms with Gasteiger partial charge in [-0.1, -0.05) is 6.07 Å². The molecule has 0 amide bonds. The largest absolute Gasteiger partial charge is 0.383 e. The minimum absolute atomic E-state index is 0.114. The Morgan fingerprint density at radius 1 is 1.48 bits per heavy atom. The lowest BCUT2D eigenvalue weighted by molar-refractivity contribution is -0.386. The molecule has 0 aliphatic carbocycles. The van der Waals surface area contributed by atoms with Crippen LogP contribution in [-0.2, 0) is 14.8 Å². The summed E-state index contributed by atoms with van der Waals surface area (Å²) in [5.74, 6) is 0. The number of nitrogens with zero attached hydrogens (tertiary/aromatic N) is 1. The SMILES string of the molecule is CNc1cccc(S(=O)(=O)NCC2CCCO2)c1[N+](=O)[O-]. The van der Waals surface area contributed by atoms with E-state index in [0.29, 0.717) is 6.61 Å². The zero-order valence-electron chi connectivity index (χ0n) is 11.5. The summed E-state index contributed by atoms with van der Waals surface area (Å²) in [5, 5.41) is 13.8. The van der Waals surface area contributed by atoms with Crippen molar-refractivity contribution in [2.75, 3.05) is 25.5 Å². The van der Waals surface area contributed by atoms with E-state index in [1.54, 1.807) is 0 Å². The van der Waals surface area contributed by atoms with E-state index in [1.807, 2.05) is 0 Å². The molecule has 1 unspecified atom stereocenters. The number of benzene rings is 1. The number of para-hydroxylation sites is 1. The Labute approximate surface area is 122 Å². The molecule has 1 aliphatic heterocycles. The van der Waals surface area contributed by atoms with Crippen LogP contribution in [0.3, 0.4) is 0 Å². The lowest BCUT2D eigenvalue weighted by atomic mass is 10.2. The summed E-state index contributed by atoms with van der Waals surface area (Å²) in [6.07, 6.45) is 1.49. The third-order valence-electron chi connectivity index (χ3n) is 3.27. The Morgan fingerprint density at radius 3 is 2.81 bits per heavy atom. The van der Waals surface area contributed by atoms with Gasteiger partial charge in [0, 0.05) is 20.2 Å². The van der Waals surface area contributed by atoms with E-state index in [1.165, 1.54) is 25.2 Å². The predicted octanol–water partition coefficient (Wildman–Crippen LogP) is 1.09. The number of ether oxygens (including phenoxy) is 1. The molecule has 1 atom stereocenters. The van der Waals surface area contributed by atoms with Gasteiger partial charge in [0.15, 0.2) is 4.90 Å².